The maximum absolute atomic E-state index is 10.8. The van der Waals surface area contributed by atoms with Gasteiger partial charge in [0.1, 0.15) is 0 Å². The van der Waals surface area contributed by atoms with Gasteiger partial charge in [-0.05, 0) is 19.4 Å². The van der Waals surface area contributed by atoms with Crippen molar-refractivity contribution in [2.45, 2.75) is 36.8 Å². The number of nitrogens with zero attached hydrogens (tertiary/aromatic N) is 3. The molecule has 5 nitrogen and oxygen atoms in total. The molecule has 2 rings (SSSR count). The molecule has 108 valence electrons. The van der Waals surface area contributed by atoms with Crippen LogP contribution in [0.4, 0.5) is 0 Å². The Morgan fingerprint density at radius 3 is 2.90 bits per heavy atom. The number of hydrogen-bond acceptors (Lipinski definition) is 5. The second kappa shape index (κ2) is 6.41. The van der Waals surface area contributed by atoms with Gasteiger partial charge in [-0.3, -0.25) is 9.48 Å². The molecule has 0 saturated carbocycles. The Morgan fingerprint density at radius 1 is 1.55 bits per heavy atom. The van der Waals surface area contributed by atoms with Gasteiger partial charge >= 0.3 is 5.97 Å². The van der Waals surface area contributed by atoms with Gasteiger partial charge in [0.2, 0.25) is 0 Å². The number of aromatic nitrogens is 3. The minimum Gasteiger partial charge on any atom is -0.481 e. The zero-order valence-electron chi connectivity index (χ0n) is 11.7. The highest BCUT2D eigenvalue weighted by atomic mass is 32.2. The number of hydrogen-bond donors (Lipinski definition) is 1. The summed E-state index contributed by atoms with van der Waals surface area (Å²) in [5.41, 5.74) is 3.06. The number of carbonyl (C=O) groups is 1. The van der Waals surface area contributed by atoms with Crippen molar-refractivity contribution in [3.05, 3.63) is 28.0 Å². The van der Waals surface area contributed by atoms with Gasteiger partial charge in [0, 0.05) is 23.4 Å². The van der Waals surface area contributed by atoms with Gasteiger partial charge in [-0.25, -0.2) is 4.98 Å². The smallest absolute Gasteiger partial charge is 0.308 e. The van der Waals surface area contributed by atoms with Gasteiger partial charge in [-0.2, -0.15) is 5.10 Å². The molecular weight excluding hydrogens is 294 g/mol. The van der Waals surface area contributed by atoms with E-state index in [4.69, 9.17) is 5.11 Å². The van der Waals surface area contributed by atoms with Crippen LogP contribution in [0, 0.1) is 6.92 Å². The highest BCUT2D eigenvalue weighted by molar-refractivity contribution is 8.00. The Hall–Kier alpha value is -1.34. The van der Waals surface area contributed by atoms with E-state index in [-0.39, 0.29) is 6.42 Å². The fraction of sp³-hybridized carbons (Fsp3) is 0.462. The highest BCUT2D eigenvalue weighted by Gasteiger charge is 2.12. The SMILES string of the molecule is CCc1cc(CSc2nc(C)c(CC(=O)O)s2)n(C)n1. The van der Waals surface area contributed by atoms with Crippen LogP contribution in [0.3, 0.4) is 0 Å². The van der Waals surface area contributed by atoms with Crippen molar-refractivity contribution >= 4 is 29.1 Å². The first-order chi connectivity index (χ1) is 9.49. The largest absolute Gasteiger partial charge is 0.481 e. The number of thiazole rings is 1. The molecule has 0 spiro atoms. The fourth-order valence-corrected chi connectivity index (χ4v) is 4.02. The third-order valence-corrected chi connectivity index (χ3v) is 5.25. The summed E-state index contributed by atoms with van der Waals surface area (Å²) in [5, 5.41) is 13.2. The molecule has 7 heteroatoms. The molecule has 0 aliphatic carbocycles. The highest BCUT2D eigenvalue weighted by Crippen LogP contribution is 2.30. The van der Waals surface area contributed by atoms with E-state index in [1.807, 2.05) is 18.7 Å². The van der Waals surface area contributed by atoms with E-state index in [1.54, 1.807) is 11.8 Å². The van der Waals surface area contributed by atoms with Crippen LogP contribution in [-0.2, 0) is 30.4 Å². The molecule has 2 heterocycles. The summed E-state index contributed by atoms with van der Waals surface area (Å²) in [6, 6.07) is 2.10. The first kappa shape index (κ1) is 15.1. The molecular formula is C13H17N3O2S2. The predicted molar refractivity (Wildman–Crippen MR) is 80.3 cm³/mol. The molecule has 0 radical (unpaired) electrons. The normalized spacial score (nSPS) is 10.9. The van der Waals surface area contributed by atoms with E-state index >= 15 is 0 Å². The molecule has 2 aromatic heterocycles. The van der Waals surface area contributed by atoms with E-state index in [1.165, 1.54) is 11.3 Å². The molecule has 0 unspecified atom stereocenters. The average Bonchev–Trinajstić information content (AvgIpc) is 2.90. The molecule has 0 aliphatic rings. The van der Waals surface area contributed by atoms with E-state index < -0.39 is 5.97 Å². The molecule has 0 amide bonds. The zero-order chi connectivity index (χ0) is 14.7. The topological polar surface area (TPSA) is 68.0 Å². The lowest BCUT2D eigenvalue weighted by Crippen LogP contribution is -1.99. The van der Waals surface area contributed by atoms with Gasteiger partial charge < -0.3 is 5.11 Å². The first-order valence-electron chi connectivity index (χ1n) is 6.32. The minimum absolute atomic E-state index is 0.0513. The Bertz CT molecular complexity index is 619. The summed E-state index contributed by atoms with van der Waals surface area (Å²) in [4.78, 5) is 16.0. The first-order valence-corrected chi connectivity index (χ1v) is 8.12. The lowest BCUT2D eigenvalue weighted by Gasteiger charge is -1.98. The number of rotatable bonds is 6. The van der Waals surface area contributed by atoms with Crippen LogP contribution >= 0.6 is 23.1 Å². The standard InChI is InChI=1S/C13H17N3O2S2/c1-4-9-5-10(16(3)15-9)7-19-13-14-8(2)11(20-13)6-12(17)18/h5H,4,6-7H2,1-3H3,(H,17,18). The van der Waals surface area contributed by atoms with Crippen molar-refractivity contribution in [3.63, 3.8) is 0 Å². The lowest BCUT2D eigenvalue weighted by molar-refractivity contribution is -0.136. The third-order valence-electron chi connectivity index (χ3n) is 2.92. The van der Waals surface area contributed by atoms with Gasteiger partial charge in [-0.15, -0.1) is 11.3 Å². The van der Waals surface area contributed by atoms with Crippen LogP contribution < -0.4 is 0 Å². The van der Waals surface area contributed by atoms with E-state index in [0.717, 1.165) is 38.5 Å². The molecule has 0 aliphatic heterocycles. The summed E-state index contributed by atoms with van der Waals surface area (Å²) in [5.74, 6) is -0.0179. The van der Waals surface area contributed by atoms with Crippen LogP contribution in [0.15, 0.2) is 10.4 Å². The third kappa shape index (κ3) is 3.61. The summed E-state index contributed by atoms with van der Waals surface area (Å²) in [6.07, 6.45) is 0.980. The Kier molecular flexibility index (Phi) is 4.82. The van der Waals surface area contributed by atoms with Crippen LogP contribution in [0.5, 0.6) is 0 Å². The van der Waals surface area contributed by atoms with Crippen molar-refractivity contribution in [1.29, 1.82) is 0 Å². The van der Waals surface area contributed by atoms with Crippen LogP contribution in [0.25, 0.3) is 0 Å². The van der Waals surface area contributed by atoms with Crippen molar-refractivity contribution in [1.82, 2.24) is 14.8 Å². The van der Waals surface area contributed by atoms with E-state index in [2.05, 4.69) is 23.1 Å². The lowest BCUT2D eigenvalue weighted by atomic mass is 10.3. The molecule has 0 saturated heterocycles. The molecule has 0 fully saturated rings. The second-order valence-electron chi connectivity index (χ2n) is 4.45. The summed E-state index contributed by atoms with van der Waals surface area (Å²) >= 11 is 3.09. The summed E-state index contributed by atoms with van der Waals surface area (Å²) in [7, 11) is 1.94. The van der Waals surface area contributed by atoms with E-state index in [0.29, 0.717) is 0 Å². The molecule has 1 N–H and O–H groups in total. The number of carboxylic acid groups (broad SMARTS) is 1. The predicted octanol–water partition coefficient (Wildman–Crippen LogP) is 2.67. The number of carboxylic acids is 1. The van der Waals surface area contributed by atoms with Gasteiger partial charge in [-0.1, -0.05) is 18.7 Å². The van der Waals surface area contributed by atoms with Crippen molar-refractivity contribution < 1.29 is 9.90 Å². The second-order valence-corrected chi connectivity index (χ2v) is 6.76. The Labute approximate surface area is 126 Å². The van der Waals surface area contributed by atoms with Crippen molar-refractivity contribution in [2.75, 3.05) is 0 Å². The minimum atomic E-state index is -0.812. The number of aliphatic carboxylic acids is 1. The van der Waals surface area contributed by atoms with Crippen LogP contribution in [-0.4, -0.2) is 25.8 Å². The van der Waals surface area contributed by atoms with Crippen LogP contribution in [0.2, 0.25) is 0 Å². The summed E-state index contributed by atoms with van der Waals surface area (Å²) in [6.45, 7) is 3.94. The van der Waals surface area contributed by atoms with Gasteiger partial charge in [0.25, 0.3) is 0 Å². The molecule has 2 aromatic rings. The maximum Gasteiger partial charge on any atom is 0.308 e. The Balaban J connectivity index is 2.03. The van der Waals surface area contributed by atoms with Crippen molar-refractivity contribution in [3.8, 4) is 0 Å². The molecule has 0 aromatic carbocycles. The number of thioether (sulfide) groups is 1. The monoisotopic (exact) mass is 311 g/mol. The number of aryl methyl sites for hydroxylation is 3. The average molecular weight is 311 g/mol. The quantitative estimate of drug-likeness (QED) is 0.831. The van der Waals surface area contributed by atoms with Crippen molar-refractivity contribution in [2.24, 2.45) is 7.05 Å². The Morgan fingerprint density at radius 2 is 2.30 bits per heavy atom. The zero-order valence-corrected chi connectivity index (χ0v) is 13.3. The fourth-order valence-electron chi connectivity index (χ4n) is 1.78. The van der Waals surface area contributed by atoms with E-state index in [9.17, 15) is 4.79 Å². The van der Waals surface area contributed by atoms with Gasteiger partial charge in [0.15, 0.2) is 4.34 Å². The molecule has 0 bridgehead atoms. The molecule has 20 heavy (non-hydrogen) atoms. The summed E-state index contributed by atoms with van der Waals surface area (Å²) < 4.78 is 2.81. The molecule has 0 atom stereocenters. The maximum atomic E-state index is 10.8. The van der Waals surface area contributed by atoms with Gasteiger partial charge in [0.05, 0.1) is 17.8 Å². The van der Waals surface area contributed by atoms with Crippen LogP contribution in [0.1, 0.15) is 28.9 Å².